The molecule has 2 aliphatic heterocycles. The van der Waals surface area contributed by atoms with E-state index in [0.29, 0.717) is 6.42 Å². The molecule has 2 aromatic carbocycles. The van der Waals surface area contributed by atoms with E-state index in [2.05, 4.69) is 39.8 Å². The third-order valence-electron chi connectivity index (χ3n) is 6.44. The lowest BCUT2D eigenvalue weighted by Crippen LogP contribution is -2.45. The number of hydrogen-bond donors (Lipinski definition) is 3. The smallest absolute Gasteiger partial charge is 0.405 e. The van der Waals surface area contributed by atoms with Crippen LogP contribution in [0.3, 0.4) is 0 Å². The van der Waals surface area contributed by atoms with Crippen LogP contribution in [-0.4, -0.2) is 54.2 Å². The van der Waals surface area contributed by atoms with E-state index < -0.39 is 6.09 Å². The highest BCUT2D eigenvalue weighted by Crippen LogP contribution is 2.39. The van der Waals surface area contributed by atoms with Gasteiger partial charge in [0.2, 0.25) is 5.91 Å². The summed E-state index contributed by atoms with van der Waals surface area (Å²) in [6, 6.07) is 14.2. The molecule has 1 fully saturated rings. The number of carbonyl (C=O) groups is 2. The molecule has 0 aliphatic carbocycles. The molecular weight excluding hydrogens is 404 g/mol. The maximum absolute atomic E-state index is 12.3. The number of amides is 2. The summed E-state index contributed by atoms with van der Waals surface area (Å²) in [4.78, 5) is 27.9. The maximum atomic E-state index is 12.3. The lowest BCUT2D eigenvalue weighted by atomic mass is 9.89. The Bertz CT molecular complexity index is 968. The number of nitrogens with one attached hydrogen (secondary N) is 2. The van der Waals surface area contributed by atoms with Crippen molar-refractivity contribution in [2.45, 2.75) is 45.3 Å². The molecule has 2 aliphatic rings. The second-order valence-electron chi connectivity index (χ2n) is 8.83. The van der Waals surface area contributed by atoms with Crippen molar-refractivity contribution in [2.24, 2.45) is 0 Å². The lowest BCUT2D eigenvalue weighted by molar-refractivity contribution is -0.117. The Kier molecular flexibility index (Phi) is 6.77. The summed E-state index contributed by atoms with van der Waals surface area (Å²) < 4.78 is 0. The van der Waals surface area contributed by atoms with Gasteiger partial charge in [0, 0.05) is 38.3 Å². The summed E-state index contributed by atoms with van der Waals surface area (Å²) in [7, 11) is 0. The van der Waals surface area contributed by atoms with Crippen LogP contribution in [0, 0.1) is 0 Å². The third kappa shape index (κ3) is 4.95. The largest absolute Gasteiger partial charge is 0.465 e. The minimum absolute atomic E-state index is 0.0339. The van der Waals surface area contributed by atoms with E-state index in [1.54, 1.807) is 11.8 Å². The Morgan fingerprint density at radius 3 is 2.56 bits per heavy atom. The number of rotatable bonds is 4. The van der Waals surface area contributed by atoms with Gasteiger partial charge < -0.3 is 20.6 Å². The fourth-order valence-electron chi connectivity index (χ4n) is 4.93. The van der Waals surface area contributed by atoms with Crippen molar-refractivity contribution >= 4 is 17.7 Å². The Labute approximate surface area is 189 Å². The monoisotopic (exact) mass is 436 g/mol. The standard InChI is InChI=1S/C25H32N4O3/c1-17-14-23(27-25(31)32)22-15-21(8-9-24(22)29(17)18(2)30)20-6-4-19(5-7-20)16-28-12-3-10-26-11-13-28/h4-9,15,17,23,26-27H,3,10-14,16H2,1-2H3,(H,31,32). The molecule has 2 atom stereocenters. The van der Waals surface area contributed by atoms with Crippen LogP contribution in [0.5, 0.6) is 0 Å². The van der Waals surface area contributed by atoms with E-state index in [4.69, 9.17) is 0 Å². The molecule has 7 heteroatoms. The van der Waals surface area contributed by atoms with E-state index in [1.165, 1.54) is 12.0 Å². The van der Waals surface area contributed by atoms with Crippen molar-refractivity contribution in [1.29, 1.82) is 0 Å². The quantitative estimate of drug-likeness (QED) is 0.682. The Morgan fingerprint density at radius 2 is 1.84 bits per heavy atom. The van der Waals surface area contributed by atoms with Gasteiger partial charge in [-0.3, -0.25) is 9.69 Å². The molecule has 170 valence electrons. The molecule has 0 bridgehead atoms. The van der Waals surface area contributed by atoms with Crippen molar-refractivity contribution in [1.82, 2.24) is 15.5 Å². The van der Waals surface area contributed by atoms with Gasteiger partial charge in [0.1, 0.15) is 0 Å². The number of nitrogens with zero attached hydrogens (tertiary/aromatic N) is 2. The Hall–Kier alpha value is -2.90. The number of carboxylic acid groups (broad SMARTS) is 1. The van der Waals surface area contributed by atoms with Crippen molar-refractivity contribution in [3.8, 4) is 11.1 Å². The van der Waals surface area contributed by atoms with E-state index in [9.17, 15) is 14.7 Å². The lowest BCUT2D eigenvalue weighted by Gasteiger charge is -2.39. The topological polar surface area (TPSA) is 84.9 Å². The van der Waals surface area contributed by atoms with Gasteiger partial charge in [-0.05, 0) is 67.2 Å². The van der Waals surface area contributed by atoms with Gasteiger partial charge in [0.15, 0.2) is 0 Å². The van der Waals surface area contributed by atoms with Crippen LogP contribution in [0.4, 0.5) is 10.5 Å². The summed E-state index contributed by atoms with van der Waals surface area (Å²) >= 11 is 0. The van der Waals surface area contributed by atoms with Crippen LogP contribution in [0.15, 0.2) is 42.5 Å². The summed E-state index contributed by atoms with van der Waals surface area (Å²) in [5, 5.41) is 15.4. The van der Waals surface area contributed by atoms with Crippen molar-refractivity contribution < 1.29 is 14.7 Å². The van der Waals surface area contributed by atoms with Gasteiger partial charge in [-0.2, -0.15) is 0 Å². The van der Waals surface area contributed by atoms with E-state index >= 15 is 0 Å². The first kappa shape index (κ1) is 22.3. The maximum Gasteiger partial charge on any atom is 0.405 e. The van der Waals surface area contributed by atoms with Crippen LogP contribution in [0.2, 0.25) is 0 Å². The molecule has 0 aromatic heterocycles. The van der Waals surface area contributed by atoms with Crippen LogP contribution in [0.25, 0.3) is 11.1 Å². The van der Waals surface area contributed by atoms with E-state index in [1.807, 2.05) is 25.1 Å². The predicted molar refractivity (Wildman–Crippen MR) is 126 cm³/mol. The zero-order chi connectivity index (χ0) is 22.7. The van der Waals surface area contributed by atoms with Gasteiger partial charge >= 0.3 is 6.09 Å². The van der Waals surface area contributed by atoms with Crippen molar-refractivity contribution in [3.63, 3.8) is 0 Å². The summed E-state index contributed by atoms with van der Waals surface area (Å²) in [5.41, 5.74) is 5.01. The van der Waals surface area contributed by atoms with Gasteiger partial charge in [-0.25, -0.2) is 4.79 Å². The van der Waals surface area contributed by atoms with Crippen molar-refractivity contribution in [3.05, 3.63) is 53.6 Å². The third-order valence-corrected chi connectivity index (χ3v) is 6.44. The fourth-order valence-corrected chi connectivity index (χ4v) is 4.93. The molecule has 0 radical (unpaired) electrons. The number of anilines is 1. The second kappa shape index (κ2) is 9.71. The molecule has 4 rings (SSSR count). The van der Waals surface area contributed by atoms with E-state index in [-0.39, 0.29) is 18.0 Å². The Balaban J connectivity index is 1.59. The number of fused-ring (bicyclic) bond motifs is 1. The summed E-state index contributed by atoms with van der Waals surface area (Å²) in [5.74, 6) is -0.0339. The van der Waals surface area contributed by atoms with Crippen LogP contribution in [-0.2, 0) is 11.3 Å². The van der Waals surface area contributed by atoms with Crippen LogP contribution < -0.4 is 15.5 Å². The summed E-state index contributed by atoms with van der Waals surface area (Å²) in [6.45, 7) is 8.76. The second-order valence-corrected chi connectivity index (χ2v) is 8.83. The van der Waals surface area contributed by atoms with Crippen LogP contribution in [0.1, 0.15) is 43.9 Å². The average Bonchev–Trinajstić information content (AvgIpc) is 3.02. The molecule has 32 heavy (non-hydrogen) atoms. The highest BCUT2D eigenvalue weighted by atomic mass is 16.4. The van der Waals surface area contributed by atoms with Crippen molar-refractivity contribution in [2.75, 3.05) is 31.1 Å². The zero-order valence-electron chi connectivity index (χ0n) is 18.8. The predicted octanol–water partition coefficient (Wildman–Crippen LogP) is 3.60. The first-order valence-electron chi connectivity index (χ1n) is 11.4. The van der Waals surface area contributed by atoms with Crippen LogP contribution >= 0.6 is 0 Å². The molecule has 7 nitrogen and oxygen atoms in total. The zero-order valence-corrected chi connectivity index (χ0v) is 18.8. The molecule has 1 saturated heterocycles. The highest BCUT2D eigenvalue weighted by molar-refractivity contribution is 5.94. The normalized spacial score (nSPS) is 21.5. The Morgan fingerprint density at radius 1 is 1.09 bits per heavy atom. The molecule has 2 amide bonds. The number of carbonyl (C=O) groups excluding carboxylic acids is 1. The number of benzene rings is 2. The molecular formula is C25H32N4O3. The average molecular weight is 437 g/mol. The molecule has 2 aromatic rings. The first-order chi connectivity index (χ1) is 15.4. The fraction of sp³-hybridized carbons (Fsp3) is 0.440. The van der Waals surface area contributed by atoms with Gasteiger partial charge in [-0.1, -0.05) is 30.3 Å². The summed E-state index contributed by atoms with van der Waals surface area (Å²) in [6.07, 6.45) is 0.670. The molecule has 0 spiro atoms. The molecule has 0 saturated carbocycles. The van der Waals surface area contributed by atoms with Gasteiger partial charge in [0.25, 0.3) is 0 Å². The van der Waals surface area contributed by atoms with E-state index in [0.717, 1.165) is 55.1 Å². The minimum atomic E-state index is -1.05. The minimum Gasteiger partial charge on any atom is -0.465 e. The van der Waals surface area contributed by atoms with Gasteiger partial charge in [-0.15, -0.1) is 0 Å². The molecule has 2 unspecified atom stereocenters. The first-order valence-corrected chi connectivity index (χ1v) is 11.4. The molecule has 3 N–H and O–H groups in total. The number of hydrogen-bond acceptors (Lipinski definition) is 4. The van der Waals surface area contributed by atoms with Gasteiger partial charge in [0.05, 0.1) is 6.04 Å². The molecule has 2 heterocycles. The SMILES string of the molecule is CC(=O)N1c2ccc(-c3ccc(CN4CCCNCC4)cc3)cc2C(NC(=O)O)CC1C. The highest BCUT2D eigenvalue weighted by Gasteiger charge is 2.33.